The number of carbonyl (C=O) groups is 2. The van der Waals surface area contributed by atoms with E-state index >= 15 is 0 Å². The van der Waals surface area contributed by atoms with Gasteiger partial charge >= 0.3 is 5.69 Å². The van der Waals surface area contributed by atoms with Gasteiger partial charge in [0.25, 0.3) is 5.91 Å². The molecule has 0 unspecified atom stereocenters. The fourth-order valence-corrected chi connectivity index (χ4v) is 2.32. The highest BCUT2D eigenvalue weighted by molar-refractivity contribution is 6.05. The second-order valence-electron chi connectivity index (χ2n) is 4.09. The van der Waals surface area contributed by atoms with Gasteiger partial charge < -0.3 is 0 Å². The van der Waals surface area contributed by atoms with Crippen molar-refractivity contribution in [1.82, 2.24) is 20.1 Å². The Bertz CT molecular complexity index is 544. The van der Waals surface area contributed by atoms with Crippen molar-refractivity contribution in [2.45, 2.75) is 18.4 Å². The van der Waals surface area contributed by atoms with E-state index in [0.717, 1.165) is 4.68 Å². The van der Waals surface area contributed by atoms with Crippen LogP contribution in [0.15, 0.2) is 17.2 Å². The van der Waals surface area contributed by atoms with Gasteiger partial charge in [-0.2, -0.15) is 14.8 Å². The lowest BCUT2D eigenvalue weighted by atomic mass is 9.64. The predicted molar refractivity (Wildman–Crippen MR) is 50.1 cm³/mol. The van der Waals surface area contributed by atoms with Crippen LogP contribution < -0.4 is 11.0 Å². The van der Waals surface area contributed by atoms with Crippen molar-refractivity contribution in [3.05, 3.63) is 22.9 Å². The van der Waals surface area contributed by atoms with Crippen molar-refractivity contribution in [3.63, 3.8) is 0 Å². The van der Waals surface area contributed by atoms with Crippen LogP contribution in [0.25, 0.3) is 0 Å². The number of nitrogens with one attached hydrogen (secondary N) is 1. The van der Waals surface area contributed by atoms with Crippen molar-refractivity contribution in [3.8, 4) is 0 Å². The molecule has 1 N–H and O–H groups in total. The normalized spacial score (nSPS) is 31.9. The lowest BCUT2D eigenvalue weighted by Crippen LogP contribution is -2.69. The van der Waals surface area contributed by atoms with Crippen molar-refractivity contribution in [2.75, 3.05) is 0 Å². The molecule has 0 spiro atoms. The van der Waals surface area contributed by atoms with Crippen LogP contribution in [0.5, 0.6) is 0 Å². The first-order valence-electron chi connectivity index (χ1n) is 4.90. The topological polar surface area (TPSA) is 93.9 Å². The van der Waals surface area contributed by atoms with Gasteiger partial charge in [-0.05, 0) is 12.8 Å². The molecule has 2 saturated heterocycles. The molecular weight excluding hydrogens is 212 g/mol. The van der Waals surface area contributed by atoms with Crippen LogP contribution in [-0.2, 0) is 15.1 Å². The van der Waals surface area contributed by atoms with Crippen molar-refractivity contribution in [2.24, 2.45) is 5.92 Å². The zero-order chi connectivity index (χ0) is 11.3. The Labute approximate surface area is 89.5 Å². The van der Waals surface area contributed by atoms with Crippen molar-refractivity contribution in [1.29, 1.82) is 0 Å². The molecule has 0 radical (unpaired) electrons. The first kappa shape index (κ1) is 9.20. The molecule has 1 aromatic heterocycles. The first-order chi connectivity index (χ1) is 7.63. The molecule has 7 nitrogen and oxygen atoms in total. The zero-order valence-electron chi connectivity index (χ0n) is 8.21. The average Bonchev–Trinajstić information content (AvgIpc) is 2.17. The van der Waals surface area contributed by atoms with Crippen molar-refractivity contribution < 1.29 is 9.59 Å². The summed E-state index contributed by atoms with van der Waals surface area (Å²) in [5, 5.41) is 6.10. The maximum absolute atomic E-state index is 11.8. The third kappa shape index (κ3) is 0.944. The minimum atomic E-state index is -0.996. The fraction of sp³-hybridized carbons (Fsp3) is 0.444. The smallest absolute Gasteiger partial charge is 0.294 e. The standard InChI is InChI=1S/C9H8N4O3/c14-6-5-3-9(4-5,7(15)12-6)13-8(16)10-1-2-11-13/h1-2,5H,3-4H2,(H,12,14,15). The summed E-state index contributed by atoms with van der Waals surface area (Å²) in [6.45, 7) is 0. The van der Waals surface area contributed by atoms with E-state index in [4.69, 9.17) is 0 Å². The Kier molecular flexibility index (Phi) is 1.58. The second-order valence-corrected chi connectivity index (χ2v) is 4.09. The van der Waals surface area contributed by atoms with Gasteiger partial charge in [0.2, 0.25) is 5.91 Å². The largest absolute Gasteiger partial charge is 0.364 e. The fourth-order valence-electron chi connectivity index (χ4n) is 2.32. The summed E-state index contributed by atoms with van der Waals surface area (Å²) >= 11 is 0. The monoisotopic (exact) mass is 220 g/mol. The van der Waals surface area contributed by atoms with Gasteiger partial charge in [0.05, 0.1) is 12.4 Å². The number of amides is 2. The van der Waals surface area contributed by atoms with Crippen LogP contribution in [0.4, 0.5) is 0 Å². The predicted octanol–water partition coefficient (Wildman–Crippen LogP) is -1.60. The van der Waals surface area contributed by atoms with Crippen LogP contribution in [0.1, 0.15) is 12.8 Å². The molecule has 2 aliphatic heterocycles. The molecule has 1 aliphatic carbocycles. The Morgan fingerprint density at radius 3 is 2.69 bits per heavy atom. The minimum Gasteiger partial charge on any atom is -0.294 e. The maximum atomic E-state index is 11.8. The highest BCUT2D eigenvalue weighted by Gasteiger charge is 2.60. The van der Waals surface area contributed by atoms with E-state index in [0.29, 0.717) is 12.8 Å². The lowest BCUT2D eigenvalue weighted by Gasteiger charge is -2.48. The first-order valence-corrected chi connectivity index (χ1v) is 4.90. The number of nitrogens with zero attached hydrogens (tertiary/aromatic N) is 3. The summed E-state index contributed by atoms with van der Waals surface area (Å²) in [5.41, 5.74) is -1.56. The Balaban J connectivity index is 2.09. The van der Waals surface area contributed by atoms with E-state index in [1.165, 1.54) is 12.4 Å². The number of carbonyl (C=O) groups excluding carboxylic acids is 2. The summed E-state index contributed by atoms with van der Waals surface area (Å²) in [6.07, 6.45) is 3.32. The van der Waals surface area contributed by atoms with Gasteiger partial charge in [0, 0.05) is 5.92 Å². The zero-order valence-corrected chi connectivity index (χ0v) is 8.21. The number of hydrogen-bond donors (Lipinski definition) is 1. The minimum absolute atomic E-state index is 0.188. The summed E-state index contributed by atoms with van der Waals surface area (Å²) < 4.78 is 1.07. The Hall–Kier alpha value is -2.05. The number of rotatable bonds is 1. The van der Waals surface area contributed by atoms with Crippen molar-refractivity contribution >= 4 is 11.8 Å². The molecule has 16 heavy (non-hydrogen) atoms. The number of hydrogen-bond acceptors (Lipinski definition) is 5. The molecule has 0 atom stereocenters. The summed E-state index contributed by atoms with van der Waals surface area (Å²) in [5.74, 6) is -0.905. The van der Waals surface area contributed by atoms with Gasteiger partial charge in [0.15, 0.2) is 0 Å². The number of aromatic nitrogens is 3. The van der Waals surface area contributed by atoms with E-state index < -0.39 is 17.1 Å². The summed E-state index contributed by atoms with van der Waals surface area (Å²) in [6, 6.07) is 0. The van der Waals surface area contributed by atoms with Crippen LogP contribution >= 0.6 is 0 Å². The highest BCUT2D eigenvalue weighted by atomic mass is 16.2. The van der Waals surface area contributed by atoms with Crippen LogP contribution in [-0.4, -0.2) is 26.6 Å². The van der Waals surface area contributed by atoms with Crippen LogP contribution in [0, 0.1) is 5.92 Å². The Morgan fingerprint density at radius 2 is 2.06 bits per heavy atom. The molecule has 2 amide bonds. The molecule has 3 fully saturated rings. The van der Waals surface area contributed by atoms with Gasteiger partial charge in [-0.3, -0.25) is 14.9 Å². The molecule has 82 valence electrons. The molecule has 0 aromatic carbocycles. The van der Waals surface area contributed by atoms with Gasteiger partial charge in [-0.1, -0.05) is 0 Å². The summed E-state index contributed by atoms with van der Waals surface area (Å²) in [4.78, 5) is 38.1. The number of piperidine rings is 2. The third-order valence-electron chi connectivity index (χ3n) is 3.22. The molecule has 2 bridgehead atoms. The van der Waals surface area contributed by atoms with Crippen LogP contribution in [0.3, 0.4) is 0 Å². The number of fused-ring (bicyclic) bond motifs is 2. The molecule has 1 aromatic rings. The number of imide groups is 1. The quantitative estimate of drug-likeness (QED) is 0.575. The molecular formula is C9H8N4O3. The Morgan fingerprint density at radius 1 is 1.31 bits per heavy atom. The summed E-state index contributed by atoms with van der Waals surface area (Å²) in [7, 11) is 0. The van der Waals surface area contributed by atoms with E-state index in [2.05, 4.69) is 15.4 Å². The molecule has 3 aliphatic rings. The lowest BCUT2D eigenvalue weighted by molar-refractivity contribution is -0.158. The second kappa shape index (κ2) is 2.75. The average molecular weight is 220 g/mol. The van der Waals surface area contributed by atoms with Gasteiger partial charge in [-0.25, -0.2) is 4.79 Å². The van der Waals surface area contributed by atoms with E-state index in [-0.39, 0.29) is 11.8 Å². The molecule has 1 saturated carbocycles. The van der Waals surface area contributed by atoms with Crippen LogP contribution in [0.2, 0.25) is 0 Å². The van der Waals surface area contributed by atoms with Gasteiger partial charge in [-0.15, -0.1) is 0 Å². The van der Waals surface area contributed by atoms with E-state index in [1.807, 2.05) is 0 Å². The highest BCUT2D eigenvalue weighted by Crippen LogP contribution is 2.46. The molecule has 3 heterocycles. The maximum Gasteiger partial charge on any atom is 0.364 e. The molecule has 4 rings (SSSR count). The third-order valence-corrected chi connectivity index (χ3v) is 3.22. The molecule has 7 heteroatoms. The van der Waals surface area contributed by atoms with Gasteiger partial charge in [0.1, 0.15) is 5.54 Å². The SMILES string of the molecule is O=C1NC(=O)C2(n3nccnc3=O)CC1C2. The van der Waals surface area contributed by atoms with E-state index in [1.54, 1.807) is 0 Å². The van der Waals surface area contributed by atoms with E-state index in [9.17, 15) is 14.4 Å².